The zero-order chi connectivity index (χ0) is 19.7. The highest BCUT2D eigenvalue weighted by molar-refractivity contribution is 5.95. The first-order valence-electron chi connectivity index (χ1n) is 9.26. The Balaban J connectivity index is 1.53. The van der Waals surface area contributed by atoms with Crippen LogP contribution in [0.15, 0.2) is 42.6 Å². The fourth-order valence-electron chi connectivity index (χ4n) is 3.69. The summed E-state index contributed by atoms with van der Waals surface area (Å²) < 4.78 is 15.9. The molecule has 0 radical (unpaired) electrons. The summed E-state index contributed by atoms with van der Waals surface area (Å²) in [7, 11) is 4.80. The number of hydrogen-bond acceptors (Lipinski definition) is 4. The summed E-state index contributed by atoms with van der Waals surface area (Å²) in [6.45, 7) is 0.588. The van der Waals surface area contributed by atoms with Crippen molar-refractivity contribution in [2.24, 2.45) is 0 Å². The van der Waals surface area contributed by atoms with Crippen LogP contribution in [0.4, 0.5) is 0 Å². The Morgan fingerprint density at radius 2 is 1.82 bits per heavy atom. The molecule has 6 nitrogen and oxygen atoms in total. The van der Waals surface area contributed by atoms with Gasteiger partial charge >= 0.3 is 0 Å². The van der Waals surface area contributed by atoms with Gasteiger partial charge in [-0.15, -0.1) is 0 Å². The number of ether oxygens (including phenoxy) is 3. The van der Waals surface area contributed by atoms with E-state index in [0.29, 0.717) is 23.6 Å². The van der Waals surface area contributed by atoms with Crippen LogP contribution in [0.1, 0.15) is 28.8 Å². The summed E-state index contributed by atoms with van der Waals surface area (Å²) in [5, 5.41) is 4.24. The number of nitrogens with one attached hydrogen (secondary N) is 2. The van der Waals surface area contributed by atoms with Gasteiger partial charge in [0.15, 0.2) is 11.5 Å². The highest BCUT2D eigenvalue weighted by atomic mass is 16.5. The monoisotopic (exact) mass is 380 g/mol. The van der Waals surface area contributed by atoms with Gasteiger partial charge in [-0.1, -0.05) is 0 Å². The third-order valence-corrected chi connectivity index (χ3v) is 5.55. The van der Waals surface area contributed by atoms with E-state index in [9.17, 15) is 4.79 Å². The number of benzene rings is 2. The fourth-order valence-corrected chi connectivity index (χ4v) is 3.69. The Kier molecular flexibility index (Phi) is 4.63. The fraction of sp³-hybridized carbons (Fsp3) is 0.318. The summed E-state index contributed by atoms with van der Waals surface area (Å²) in [5.74, 6) is 1.86. The van der Waals surface area contributed by atoms with Crippen LogP contribution in [0.5, 0.6) is 17.2 Å². The van der Waals surface area contributed by atoms with E-state index in [1.807, 2.05) is 12.1 Å². The third kappa shape index (κ3) is 3.15. The van der Waals surface area contributed by atoms with Crippen molar-refractivity contribution in [2.75, 3.05) is 27.9 Å². The lowest BCUT2D eigenvalue weighted by Crippen LogP contribution is -2.32. The Bertz CT molecular complexity index is 1020. The van der Waals surface area contributed by atoms with Crippen LogP contribution in [0.25, 0.3) is 10.9 Å². The second-order valence-electron chi connectivity index (χ2n) is 7.15. The number of aromatic nitrogens is 1. The van der Waals surface area contributed by atoms with E-state index in [2.05, 4.69) is 22.6 Å². The number of H-pyrrole nitrogens is 1. The van der Waals surface area contributed by atoms with E-state index in [1.165, 1.54) is 5.56 Å². The standard InChI is InChI=1S/C22H24N2O4/c1-26-15-5-6-18-16(11-15)17(12-23-18)22(8-9-22)13-24-21(25)14-4-7-19(27-2)20(10-14)28-3/h4-7,10-12,23H,8-9,13H2,1-3H3,(H,24,25). The van der Waals surface area contributed by atoms with Crippen molar-refractivity contribution >= 4 is 16.8 Å². The van der Waals surface area contributed by atoms with Gasteiger partial charge in [-0.05, 0) is 54.8 Å². The lowest BCUT2D eigenvalue weighted by molar-refractivity contribution is 0.0949. The summed E-state index contributed by atoms with van der Waals surface area (Å²) in [6.07, 6.45) is 4.15. The van der Waals surface area contributed by atoms with Gasteiger partial charge in [0.1, 0.15) is 5.75 Å². The third-order valence-electron chi connectivity index (χ3n) is 5.55. The van der Waals surface area contributed by atoms with Crippen molar-refractivity contribution in [3.63, 3.8) is 0 Å². The molecule has 1 aliphatic carbocycles. The largest absolute Gasteiger partial charge is 0.497 e. The number of rotatable bonds is 7. The molecule has 1 aliphatic rings. The number of carbonyl (C=O) groups is 1. The lowest BCUT2D eigenvalue weighted by atomic mass is 9.95. The Morgan fingerprint density at radius 1 is 1.04 bits per heavy atom. The summed E-state index contributed by atoms with van der Waals surface area (Å²) in [4.78, 5) is 16.0. The second kappa shape index (κ2) is 7.11. The van der Waals surface area contributed by atoms with Crippen molar-refractivity contribution in [3.05, 3.63) is 53.7 Å². The highest BCUT2D eigenvalue weighted by Gasteiger charge is 2.46. The molecule has 1 saturated carbocycles. The van der Waals surface area contributed by atoms with Crippen LogP contribution < -0.4 is 19.5 Å². The molecule has 1 aromatic heterocycles. The molecule has 28 heavy (non-hydrogen) atoms. The summed E-state index contributed by atoms with van der Waals surface area (Å²) >= 11 is 0. The quantitative estimate of drug-likeness (QED) is 0.656. The van der Waals surface area contributed by atoms with E-state index in [0.717, 1.165) is 29.5 Å². The maximum atomic E-state index is 12.7. The SMILES string of the molecule is COc1ccc2[nH]cc(C3(CNC(=O)c4ccc(OC)c(OC)c4)CC3)c2c1. The molecule has 1 heterocycles. The first-order chi connectivity index (χ1) is 13.6. The predicted octanol–water partition coefficient (Wildman–Crippen LogP) is 3.66. The average Bonchev–Trinajstić information content (AvgIpc) is 3.41. The maximum absolute atomic E-state index is 12.7. The number of methoxy groups -OCH3 is 3. The molecule has 146 valence electrons. The molecule has 0 saturated heterocycles. The molecule has 0 atom stereocenters. The Morgan fingerprint density at radius 3 is 2.50 bits per heavy atom. The van der Waals surface area contributed by atoms with E-state index in [1.54, 1.807) is 39.5 Å². The molecular formula is C22H24N2O4. The first kappa shape index (κ1) is 18.2. The van der Waals surface area contributed by atoms with Crippen LogP contribution >= 0.6 is 0 Å². The average molecular weight is 380 g/mol. The van der Waals surface area contributed by atoms with Gasteiger partial charge in [-0.25, -0.2) is 0 Å². The number of fused-ring (bicyclic) bond motifs is 1. The number of carbonyl (C=O) groups excluding carboxylic acids is 1. The zero-order valence-corrected chi connectivity index (χ0v) is 16.3. The minimum atomic E-state index is -0.121. The predicted molar refractivity (Wildman–Crippen MR) is 108 cm³/mol. The van der Waals surface area contributed by atoms with Crippen molar-refractivity contribution < 1.29 is 19.0 Å². The molecule has 1 fully saturated rings. The van der Waals surface area contributed by atoms with E-state index >= 15 is 0 Å². The van der Waals surface area contributed by atoms with Crippen LogP contribution in [0.2, 0.25) is 0 Å². The Hall–Kier alpha value is -3.15. The molecule has 2 aromatic carbocycles. The molecule has 2 N–H and O–H groups in total. The zero-order valence-electron chi connectivity index (χ0n) is 16.3. The molecule has 0 unspecified atom stereocenters. The van der Waals surface area contributed by atoms with Crippen LogP contribution in [-0.2, 0) is 5.41 Å². The van der Waals surface area contributed by atoms with Crippen LogP contribution in [0.3, 0.4) is 0 Å². The van der Waals surface area contributed by atoms with Gasteiger partial charge in [0.2, 0.25) is 0 Å². The molecule has 0 spiro atoms. The van der Waals surface area contributed by atoms with E-state index in [4.69, 9.17) is 14.2 Å². The van der Waals surface area contributed by atoms with Crippen LogP contribution in [0, 0.1) is 0 Å². The van der Waals surface area contributed by atoms with Crippen molar-refractivity contribution in [1.29, 1.82) is 0 Å². The summed E-state index contributed by atoms with van der Waals surface area (Å²) in [6, 6.07) is 11.2. The number of hydrogen-bond donors (Lipinski definition) is 2. The number of amides is 1. The topological polar surface area (TPSA) is 72.6 Å². The van der Waals surface area contributed by atoms with Crippen molar-refractivity contribution in [3.8, 4) is 17.2 Å². The Labute approximate surface area is 163 Å². The molecular weight excluding hydrogens is 356 g/mol. The molecule has 1 amide bonds. The normalized spacial score (nSPS) is 14.5. The van der Waals surface area contributed by atoms with Crippen molar-refractivity contribution in [1.82, 2.24) is 10.3 Å². The minimum absolute atomic E-state index is 0.0309. The molecule has 6 heteroatoms. The smallest absolute Gasteiger partial charge is 0.251 e. The molecule has 4 rings (SSSR count). The van der Waals surface area contributed by atoms with E-state index < -0.39 is 0 Å². The highest BCUT2D eigenvalue weighted by Crippen LogP contribution is 2.50. The van der Waals surface area contributed by atoms with Gasteiger partial charge in [-0.3, -0.25) is 4.79 Å². The van der Waals surface area contributed by atoms with Crippen molar-refractivity contribution in [2.45, 2.75) is 18.3 Å². The molecule has 0 aliphatic heterocycles. The number of aromatic amines is 1. The minimum Gasteiger partial charge on any atom is -0.497 e. The molecule has 0 bridgehead atoms. The van der Waals surface area contributed by atoms with Gasteiger partial charge in [0.25, 0.3) is 5.91 Å². The first-order valence-corrected chi connectivity index (χ1v) is 9.26. The summed E-state index contributed by atoms with van der Waals surface area (Å²) in [5.41, 5.74) is 2.83. The molecule has 3 aromatic rings. The van der Waals surface area contributed by atoms with Gasteiger partial charge in [0.05, 0.1) is 21.3 Å². The van der Waals surface area contributed by atoms with Gasteiger partial charge in [0, 0.05) is 34.6 Å². The van der Waals surface area contributed by atoms with Gasteiger partial charge < -0.3 is 24.5 Å². The van der Waals surface area contributed by atoms with E-state index in [-0.39, 0.29) is 11.3 Å². The lowest BCUT2D eigenvalue weighted by Gasteiger charge is -2.16. The second-order valence-corrected chi connectivity index (χ2v) is 7.15. The maximum Gasteiger partial charge on any atom is 0.251 e. The van der Waals surface area contributed by atoms with Crippen LogP contribution in [-0.4, -0.2) is 38.8 Å². The van der Waals surface area contributed by atoms with Gasteiger partial charge in [-0.2, -0.15) is 0 Å².